The van der Waals surface area contributed by atoms with Gasteiger partial charge in [0, 0.05) is 16.2 Å². The predicted molar refractivity (Wildman–Crippen MR) is 51.3 cm³/mol. The van der Waals surface area contributed by atoms with E-state index in [1.165, 1.54) is 6.07 Å². The number of rotatable bonds is 2. The molecule has 0 saturated carbocycles. The van der Waals surface area contributed by atoms with E-state index in [9.17, 15) is 17.9 Å². The van der Waals surface area contributed by atoms with Gasteiger partial charge in [0.2, 0.25) is 9.05 Å². The maximum atomic E-state index is 12.8. The van der Waals surface area contributed by atoms with Crippen LogP contribution in [0.15, 0.2) is 12.1 Å². The van der Waals surface area contributed by atoms with Crippen LogP contribution in [0.25, 0.3) is 0 Å². The molecule has 0 unspecified atom stereocenters. The lowest BCUT2D eigenvalue weighted by atomic mass is 10.1. The van der Waals surface area contributed by atoms with Crippen molar-refractivity contribution in [3.05, 3.63) is 29.1 Å². The minimum absolute atomic E-state index is 0.000000000000000444. The smallest absolute Gasteiger partial charge is 0.236 e. The van der Waals surface area contributed by atoms with Gasteiger partial charge in [0.1, 0.15) is 0 Å². The average Bonchev–Trinajstić information content (AvgIpc) is 2.04. The fourth-order valence-electron chi connectivity index (χ4n) is 1.06. The lowest BCUT2D eigenvalue weighted by Gasteiger charge is -2.06. The van der Waals surface area contributed by atoms with E-state index in [1.54, 1.807) is 6.92 Å². The number of aryl methyl sites for hydroxylation is 1. The third kappa shape index (κ3) is 2.59. The van der Waals surface area contributed by atoms with Crippen LogP contribution >= 0.6 is 10.7 Å². The first kappa shape index (κ1) is 11.3. The fraction of sp³-hybridized carbons (Fsp3) is 0.250. The van der Waals surface area contributed by atoms with E-state index in [0.29, 0.717) is 5.56 Å². The molecular formula is C8H8ClFO3S. The molecule has 0 heterocycles. The number of hydrogen-bond acceptors (Lipinski definition) is 3. The lowest BCUT2D eigenvalue weighted by molar-refractivity contribution is 0.427. The van der Waals surface area contributed by atoms with Crippen LogP contribution in [0.1, 0.15) is 11.1 Å². The van der Waals surface area contributed by atoms with Crippen LogP contribution in [-0.4, -0.2) is 13.5 Å². The summed E-state index contributed by atoms with van der Waals surface area (Å²) in [6.45, 7) is 1.57. The van der Waals surface area contributed by atoms with Crippen LogP contribution in [-0.2, 0) is 14.8 Å². The van der Waals surface area contributed by atoms with Gasteiger partial charge in [-0.2, -0.15) is 0 Å². The first-order valence-electron chi connectivity index (χ1n) is 3.70. The highest BCUT2D eigenvalue weighted by molar-refractivity contribution is 8.13. The summed E-state index contributed by atoms with van der Waals surface area (Å²) in [5.41, 5.74) is 0.480. The quantitative estimate of drug-likeness (QED) is 0.801. The summed E-state index contributed by atoms with van der Waals surface area (Å²) < 4.78 is 34.3. The van der Waals surface area contributed by atoms with Gasteiger partial charge in [-0.05, 0) is 18.6 Å². The topological polar surface area (TPSA) is 54.4 Å². The van der Waals surface area contributed by atoms with Crippen molar-refractivity contribution in [2.24, 2.45) is 0 Å². The lowest BCUT2D eigenvalue weighted by Crippen LogP contribution is -1.99. The fourth-order valence-corrected chi connectivity index (χ4v) is 2.10. The molecule has 0 spiro atoms. The molecular weight excluding hydrogens is 231 g/mol. The van der Waals surface area contributed by atoms with Gasteiger partial charge in [-0.25, -0.2) is 12.8 Å². The van der Waals surface area contributed by atoms with Gasteiger partial charge in [-0.15, -0.1) is 0 Å². The van der Waals surface area contributed by atoms with Crippen molar-refractivity contribution in [1.29, 1.82) is 0 Å². The average molecular weight is 239 g/mol. The predicted octanol–water partition coefficient (Wildman–Crippen LogP) is 1.91. The van der Waals surface area contributed by atoms with E-state index in [-0.39, 0.29) is 5.56 Å². The van der Waals surface area contributed by atoms with Gasteiger partial charge in [0.05, 0.1) is 5.75 Å². The summed E-state index contributed by atoms with van der Waals surface area (Å²) >= 11 is 0. The second-order valence-electron chi connectivity index (χ2n) is 2.87. The molecule has 0 atom stereocenters. The van der Waals surface area contributed by atoms with Gasteiger partial charge in [-0.1, -0.05) is 6.07 Å². The van der Waals surface area contributed by atoms with Crippen LogP contribution in [0.4, 0.5) is 4.39 Å². The highest BCUT2D eigenvalue weighted by atomic mass is 35.7. The molecule has 0 radical (unpaired) electrons. The van der Waals surface area contributed by atoms with Crippen molar-refractivity contribution >= 4 is 19.7 Å². The first-order chi connectivity index (χ1) is 6.31. The van der Waals surface area contributed by atoms with Crippen molar-refractivity contribution in [1.82, 2.24) is 0 Å². The molecule has 1 aromatic rings. The Morgan fingerprint density at radius 2 is 2.07 bits per heavy atom. The van der Waals surface area contributed by atoms with Gasteiger partial charge in [-0.3, -0.25) is 0 Å². The van der Waals surface area contributed by atoms with Crippen molar-refractivity contribution in [2.75, 3.05) is 0 Å². The van der Waals surface area contributed by atoms with Crippen LogP contribution in [0.3, 0.4) is 0 Å². The maximum Gasteiger partial charge on any atom is 0.236 e. The summed E-state index contributed by atoms with van der Waals surface area (Å²) in [7, 11) is 1.21. The van der Waals surface area contributed by atoms with E-state index in [0.717, 1.165) is 6.07 Å². The Morgan fingerprint density at radius 3 is 2.57 bits per heavy atom. The number of benzene rings is 1. The number of aromatic hydroxyl groups is 1. The van der Waals surface area contributed by atoms with E-state index in [2.05, 4.69) is 0 Å². The molecule has 14 heavy (non-hydrogen) atoms. The van der Waals surface area contributed by atoms with Crippen molar-refractivity contribution in [2.45, 2.75) is 12.7 Å². The van der Waals surface area contributed by atoms with E-state index in [4.69, 9.17) is 10.7 Å². The molecule has 1 N–H and O–H groups in total. The van der Waals surface area contributed by atoms with Gasteiger partial charge in [0.25, 0.3) is 0 Å². The molecule has 0 aliphatic carbocycles. The Labute approximate surface area is 85.6 Å². The van der Waals surface area contributed by atoms with E-state index >= 15 is 0 Å². The summed E-state index contributed by atoms with van der Waals surface area (Å²) in [6, 6.07) is 2.45. The highest BCUT2D eigenvalue weighted by Crippen LogP contribution is 2.27. The Bertz CT molecular complexity index is 456. The molecule has 0 aliphatic rings. The molecule has 0 saturated heterocycles. The standard InChI is InChI=1S/C8H8ClFO3S/c1-5-2-3-7(10)8(11)6(5)4-14(9,12)13/h2-3,11H,4H2,1H3. The van der Waals surface area contributed by atoms with Crippen molar-refractivity contribution < 1.29 is 17.9 Å². The summed E-state index contributed by atoms with van der Waals surface area (Å²) in [6.07, 6.45) is 0. The molecule has 1 aromatic carbocycles. The highest BCUT2D eigenvalue weighted by Gasteiger charge is 2.16. The molecule has 1 rings (SSSR count). The largest absolute Gasteiger partial charge is 0.505 e. The van der Waals surface area contributed by atoms with Gasteiger partial charge < -0.3 is 5.11 Å². The zero-order valence-corrected chi connectivity index (χ0v) is 8.86. The Hall–Kier alpha value is -0.810. The summed E-state index contributed by atoms with van der Waals surface area (Å²) in [5, 5.41) is 9.24. The van der Waals surface area contributed by atoms with Crippen LogP contribution in [0.5, 0.6) is 5.75 Å². The molecule has 0 aliphatic heterocycles. The Morgan fingerprint density at radius 1 is 1.50 bits per heavy atom. The monoisotopic (exact) mass is 238 g/mol. The molecule has 0 fully saturated rings. The minimum atomic E-state index is -3.79. The molecule has 0 amide bonds. The molecule has 0 bridgehead atoms. The summed E-state index contributed by atoms with van der Waals surface area (Å²) in [5.74, 6) is -2.09. The molecule has 6 heteroatoms. The second kappa shape index (κ2) is 3.74. The molecule has 0 aromatic heterocycles. The van der Waals surface area contributed by atoms with E-state index in [1.807, 2.05) is 0 Å². The number of phenols is 1. The number of phenolic OH excluding ortho intramolecular Hbond substituents is 1. The summed E-state index contributed by atoms with van der Waals surface area (Å²) in [4.78, 5) is 0. The minimum Gasteiger partial charge on any atom is -0.505 e. The zero-order chi connectivity index (χ0) is 10.9. The van der Waals surface area contributed by atoms with Crippen LogP contribution < -0.4 is 0 Å². The normalized spacial score (nSPS) is 11.6. The third-order valence-electron chi connectivity index (χ3n) is 1.78. The SMILES string of the molecule is Cc1ccc(F)c(O)c1CS(=O)(=O)Cl. The molecule has 3 nitrogen and oxygen atoms in total. The second-order valence-corrected chi connectivity index (χ2v) is 5.65. The number of hydrogen-bond donors (Lipinski definition) is 1. The van der Waals surface area contributed by atoms with Gasteiger partial charge >= 0.3 is 0 Å². The van der Waals surface area contributed by atoms with E-state index < -0.39 is 26.4 Å². The molecule has 78 valence electrons. The zero-order valence-electron chi connectivity index (χ0n) is 7.29. The van der Waals surface area contributed by atoms with Crippen LogP contribution in [0, 0.1) is 12.7 Å². The Kier molecular flexibility index (Phi) is 3.01. The van der Waals surface area contributed by atoms with Crippen molar-refractivity contribution in [3.63, 3.8) is 0 Å². The number of halogens is 2. The van der Waals surface area contributed by atoms with Crippen molar-refractivity contribution in [3.8, 4) is 5.75 Å². The third-order valence-corrected chi connectivity index (χ3v) is 2.75. The first-order valence-corrected chi connectivity index (χ1v) is 6.18. The van der Waals surface area contributed by atoms with Gasteiger partial charge in [0.15, 0.2) is 11.6 Å². The van der Waals surface area contributed by atoms with Crippen LogP contribution in [0.2, 0.25) is 0 Å². The maximum absolute atomic E-state index is 12.8. The Balaban J connectivity index is 3.27.